The van der Waals surface area contributed by atoms with Gasteiger partial charge in [-0.3, -0.25) is 24.0 Å². The summed E-state index contributed by atoms with van der Waals surface area (Å²) in [6, 6.07) is 0.584. The lowest BCUT2D eigenvalue weighted by molar-refractivity contribution is -0.311. The van der Waals surface area contributed by atoms with Gasteiger partial charge >= 0.3 is 17.9 Å². The van der Waals surface area contributed by atoms with Crippen molar-refractivity contribution in [1.29, 1.82) is 0 Å². The monoisotopic (exact) mass is 1570 g/mol. The topological polar surface area (TPSA) is 291 Å². The number of carbonyl (C=O) groups excluding carboxylic acids is 5. The van der Waals surface area contributed by atoms with Gasteiger partial charge in [-0.2, -0.15) is 0 Å². The molecule has 0 amide bonds. The summed E-state index contributed by atoms with van der Waals surface area (Å²) in [5.74, 6) is -2.27. The SMILES string of the molecule is C/C=C/C(CC(=O)OC)[C@H]1CCC[C@H](O[C@H]2CC[C@H](N(C)C)[C@@H](C)O2)[C@@H](C)C(=O)C2=CC3C(C=CC4C[C@@H](O[C@@H]5O[C@@H](C)[C@H](OC)[C@@H](O)[C@H]5OC)CC43)C2CC(=O)O1.CO[C@@H]1[C@@H](O)[C@@H](OC)[C@H](O[C@@H]2CC3C=CC4C5CC(=O)O[C@@H](/C=C/C(C)O)CCC[C@H](O[C@H]6CC[C@H](N(C)C)[C@@H](C)O6)[C@@H](C)C(=O)C5=CC4C3C2)O[C@H]1C. The number of carbonyl (C=O) groups is 5. The van der Waals surface area contributed by atoms with Crippen molar-refractivity contribution in [2.24, 2.45) is 76.9 Å². The van der Waals surface area contributed by atoms with E-state index in [4.69, 9.17) is 71.1 Å². The van der Waals surface area contributed by atoms with E-state index in [0.29, 0.717) is 55.7 Å². The first-order chi connectivity index (χ1) is 53.6. The second-order valence-corrected chi connectivity index (χ2v) is 34.7. The second kappa shape index (κ2) is 39.8. The molecule has 0 aromatic rings. The van der Waals surface area contributed by atoms with Crippen molar-refractivity contribution in [3.8, 4) is 0 Å². The predicted octanol–water partition coefficient (Wildman–Crippen LogP) is 9.54. The number of aliphatic hydroxyl groups is 3. The minimum absolute atomic E-state index is 0.00444. The number of aliphatic hydroxyl groups excluding tert-OH is 3. The molecule has 0 aromatic heterocycles. The maximum atomic E-state index is 14.8. The highest BCUT2D eigenvalue weighted by Gasteiger charge is 2.56. The van der Waals surface area contributed by atoms with Crippen molar-refractivity contribution < 1.29 is 110 Å². The zero-order valence-corrected chi connectivity index (χ0v) is 69.5. The third-order valence-corrected chi connectivity index (χ3v) is 27.1. The smallest absolute Gasteiger partial charge is 0.307 e. The molecule has 0 radical (unpaired) electrons. The third-order valence-electron chi connectivity index (χ3n) is 27.1. The van der Waals surface area contributed by atoms with Gasteiger partial charge < -0.3 is 96.2 Å². The van der Waals surface area contributed by atoms with Gasteiger partial charge in [0.25, 0.3) is 0 Å². The van der Waals surface area contributed by atoms with E-state index < -0.39 is 104 Å². The highest BCUT2D eigenvalue weighted by Crippen LogP contribution is 2.57. The molecule has 0 spiro atoms. The molecule has 6 aliphatic carbocycles. The highest BCUT2D eigenvalue weighted by molar-refractivity contribution is 6.00. The number of fused-ring (bicyclic) bond motifs is 10. The normalized spacial score (nSPS) is 44.0. The van der Waals surface area contributed by atoms with Crippen molar-refractivity contribution >= 4 is 29.5 Å². The number of methoxy groups -OCH3 is 5. The molecule has 36 atom stereocenters. The van der Waals surface area contributed by atoms with Gasteiger partial charge in [0.1, 0.15) is 48.8 Å². The van der Waals surface area contributed by atoms with Gasteiger partial charge in [0.15, 0.2) is 36.7 Å². The first-order valence-electron chi connectivity index (χ1n) is 41.9. The fourth-order valence-corrected chi connectivity index (χ4v) is 21.2. The van der Waals surface area contributed by atoms with Gasteiger partial charge in [-0.1, -0.05) is 68.5 Å². The molecule has 2 saturated carbocycles. The van der Waals surface area contributed by atoms with E-state index in [1.807, 2.05) is 46.8 Å². The molecule has 6 aliphatic heterocycles. The second-order valence-electron chi connectivity index (χ2n) is 34.7. The Hall–Kier alpha value is -4.49. The number of hydrogen-bond acceptors (Lipinski definition) is 25. The van der Waals surface area contributed by atoms with Crippen molar-refractivity contribution in [3.05, 3.63) is 71.9 Å². The number of ether oxygens (including phenoxy) is 15. The van der Waals surface area contributed by atoms with Crippen LogP contribution in [-0.2, 0) is 95.0 Å². The van der Waals surface area contributed by atoms with Crippen LogP contribution in [0, 0.1) is 76.9 Å². The van der Waals surface area contributed by atoms with Crippen LogP contribution in [0.4, 0.5) is 0 Å². The van der Waals surface area contributed by atoms with E-state index in [0.717, 1.165) is 51.4 Å². The van der Waals surface area contributed by atoms with E-state index in [1.54, 1.807) is 33.3 Å². The Morgan fingerprint density at radius 2 is 0.982 bits per heavy atom. The molecular weight excluding hydrogens is 1440 g/mol. The van der Waals surface area contributed by atoms with Crippen LogP contribution in [0.15, 0.2) is 71.9 Å². The molecule has 3 N–H and O–H groups in total. The van der Waals surface area contributed by atoms with E-state index >= 15 is 0 Å². The molecule has 0 aromatic carbocycles. The van der Waals surface area contributed by atoms with E-state index in [2.05, 4.69) is 88.3 Å². The van der Waals surface area contributed by atoms with Gasteiger partial charge in [-0.15, -0.1) is 0 Å². The first kappa shape index (κ1) is 88.3. The first-order valence-corrected chi connectivity index (χ1v) is 41.9. The molecule has 630 valence electrons. The molecule has 6 saturated heterocycles. The molecule has 25 heteroatoms. The zero-order valence-electron chi connectivity index (χ0n) is 69.5. The average molecular weight is 1580 g/mol. The summed E-state index contributed by atoms with van der Waals surface area (Å²) in [7, 11) is 15.8. The number of hydrogen-bond donors (Lipinski definition) is 3. The van der Waals surface area contributed by atoms with E-state index in [9.17, 15) is 39.3 Å². The van der Waals surface area contributed by atoms with Gasteiger partial charge in [0.2, 0.25) is 0 Å². The summed E-state index contributed by atoms with van der Waals surface area (Å²) in [5.41, 5.74) is 1.36. The van der Waals surface area contributed by atoms with Crippen LogP contribution in [0.25, 0.3) is 0 Å². The zero-order chi connectivity index (χ0) is 80.7. The number of likely N-dealkylation sites (N-methyl/N-ethyl adjacent to an activating group) is 2. The molecule has 6 heterocycles. The van der Waals surface area contributed by atoms with Crippen LogP contribution >= 0.6 is 0 Å². The molecule has 12 aliphatic rings. The number of esters is 3. The van der Waals surface area contributed by atoms with Crippen LogP contribution in [0.1, 0.15) is 165 Å². The molecule has 12 unspecified atom stereocenters. The van der Waals surface area contributed by atoms with Crippen LogP contribution in [0.3, 0.4) is 0 Å². The fraction of sp³-hybridized carbons (Fsp3) is 0.805. The minimum atomic E-state index is -0.911. The fourth-order valence-electron chi connectivity index (χ4n) is 21.2. The van der Waals surface area contributed by atoms with Gasteiger partial charge in [0, 0.05) is 70.1 Å². The standard InChI is InChI=1S/C45H69NO12.C42H65NO11/c1-10-12-28(20-38(47)51-7)37-14-11-13-36(58-40-18-17-35(46(5)6)25(3)54-40)24(2)41(49)34-22-32-30(33(34)23-39(48)57-37)16-15-27-19-29(21-31(27)32)56-45-44(53-9)42(50)43(52-8)26(4)55-45;1-22(44)12-14-27-10-9-11-35(54-37-17-16-34(43(5)6)24(3)50-37)23(2)38(46)33-20-31-29(32(33)21-36(45)52-27)15-13-26-18-28(19-30(26)31)53-42-41(49-8)39(47)40(48-7)25(4)51-42/h10,12,15-16,22,24-33,35-37,40,42-45,50H,11,13-14,17-21,23H2,1-9H3;12-15,20,22-32,34-35,37,39-42,44,47H,9-11,16-19,21H2,1-8H3/b12-10+;14-12+/t24-,25-,26+,27?,28?,29-,30?,31?,32?,33?,35+,36+,37-,40+,42-,43+,44-,45+;22?,23-,24-,25+,26?,27-,28-,29?,30?,31?,32?,34+,35+,37+,39-,40+,41-,42+/m11/s1. The van der Waals surface area contributed by atoms with Crippen molar-refractivity contribution in [1.82, 2.24) is 9.80 Å². The highest BCUT2D eigenvalue weighted by atomic mass is 16.7. The van der Waals surface area contributed by atoms with Crippen molar-refractivity contribution in [2.45, 2.75) is 306 Å². The number of allylic oxidation sites excluding steroid dienone is 9. The number of rotatable bonds is 20. The maximum absolute atomic E-state index is 14.8. The lowest BCUT2D eigenvalue weighted by atomic mass is 9.70. The summed E-state index contributed by atoms with van der Waals surface area (Å²) in [6.45, 7) is 15.4. The number of Topliss-reactive ketones (excluding diaryl/α,β-unsaturated/α-hetero) is 2. The molecule has 0 bridgehead atoms. The summed E-state index contributed by atoms with van der Waals surface area (Å²) < 4.78 is 91.4. The summed E-state index contributed by atoms with van der Waals surface area (Å²) in [5, 5.41) is 32.0. The molecule has 25 nitrogen and oxygen atoms in total. The third kappa shape index (κ3) is 20.4. The van der Waals surface area contributed by atoms with Gasteiger partial charge in [0.05, 0.1) is 81.3 Å². The predicted molar refractivity (Wildman–Crippen MR) is 414 cm³/mol. The Kier molecular flexibility index (Phi) is 31.4. The molecule has 112 heavy (non-hydrogen) atoms. The van der Waals surface area contributed by atoms with Crippen LogP contribution < -0.4 is 0 Å². The average Bonchev–Trinajstić information content (AvgIpc) is 1.60. The Bertz CT molecular complexity index is 3320. The molecule has 8 fully saturated rings. The van der Waals surface area contributed by atoms with Crippen LogP contribution in [-0.4, -0.2) is 259 Å². The molecular formula is C87H134N2O23. The number of ketones is 2. The minimum Gasteiger partial charge on any atom is -0.469 e. The van der Waals surface area contributed by atoms with Crippen LogP contribution in [0.5, 0.6) is 0 Å². The number of cyclic esters (lactones) is 2. The number of nitrogens with zero attached hydrogens (tertiary/aromatic N) is 2. The lowest BCUT2D eigenvalue weighted by Gasteiger charge is -2.42. The Balaban J connectivity index is 0.000000222. The quantitative estimate of drug-likeness (QED) is 0.0580. The Labute approximate surface area is 664 Å². The van der Waals surface area contributed by atoms with Crippen LogP contribution in [0.2, 0.25) is 0 Å². The maximum Gasteiger partial charge on any atom is 0.307 e. The lowest BCUT2D eigenvalue weighted by Crippen LogP contribution is -2.59. The van der Waals surface area contributed by atoms with Gasteiger partial charge in [-0.05, 0) is 224 Å². The van der Waals surface area contributed by atoms with Gasteiger partial charge in [-0.25, -0.2) is 0 Å². The summed E-state index contributed by atoms with van der Waals surface area (Å²) in [6.07, 6.45) is 20.3. The van der Waals surface area contributed by atoms with E-state index in [-0.39, 0.29) is 156 Å². The molecule has 12 rings (SSSR count). The Morgan fingerprint density at radius 1 is 0.536 bits per heavy atom. The Morgan fingerprint density at radius 3 is 1.39 bits per heavy atom. The summed E-state index contributed by atoms with van der Waals surface area (Å²) >= 11 is 0. The summed E-state index contributed by atoms with van der Waals surface area (Å²) in [4.78, 5) is 74.1. The van der Waals surface area contributed by atoms with Crippen molar-refractivity contribution in [3.63, 3.8) is 0 Å². The van der Waals surface area contributed by atoms with E-state index in [1.165, 1.54) is 21.3 Å². The largest absolute Gasteiger partial charge is 0.469 e. The van der Waals surface area contributed by atoms with Crippen molar-refractivity contribution in [2.75, 3.05) is 63.7 Å².